The van der Waals surface area contributed by atoms with Gasteiger partial charge in [0.1, 0.15) is 12.3 Å². The van der Waals surface area contributed by atoms with Crippen molar-refractivity contribution in [3.63, 3.8) is 0 Å². The lowest BCUT2D eigenvalue weighted by molar-refractivity contribution is 0.0386. The largest absolute Gasteiger partial charge is 0.460 e. The van der Waals surface area contributed by atoms with Gasteiger partial charge in [0.05, 0.1) is 22.8 Å². The van der Waals surface area contributed by atoms with Crippen LogP contribution in [0.3, 0.4) is 0 Å². The molecule has 0 atom stereocenters. The van der Waals surface area contributed by atoms with Gasteiger partial charge in [-0.05, 0) is 31.5 Å². The molecule has 0 fully saturated rings. The fourth-order valence-electron chi connectivity index (χ4n) is 2.65. The molecule has 0 spiro atoms. The van der Waals surface area contributed by atoms with Gasteiger partial charge in [-0.3, -0.25) is 4.79 Å². The molecule has 0 aliphatic carbocycles. The predicted molar refractivity (Wildman–Crippen MR) is 99.9 cm³/mol. The van der Waals surface area contributed by atoms with E-state index in [9.17, 15) is 18.0 Å². The molecule has 8 nitrogen and oxygen atoms in total. The molecule has 2 N–H and O–H groups in total. The molecule has 1 aromatic carbocycles. The van der Waals surface area contributed by atoms with Crippen molar-refractivity contribution in [1.29, 1.82) is 0 Å². The van der Waals surface area contributed by atoms with Gasteiger partial charge in [0.25, 0.3) is 5.91 Å². The van der Waals surface area contributed by atoms with E-state index in [4.69, 9.17) is 9.47 Å². The van der Waals surface area contributed by atoms with Gasteiger partial charge in [-0.15, -0.1) is 0 Å². The highest BCUT2D eigenvalue weighted by atomic mass is 32.2. The monoisotopic (exact) mass is 394 g/mol. The zero-order chi connectivity index (χ0) is 20.2. The first-order chi connectivity index (χ1) is 12.7. The summed E-state index contributed by atoms with van der Waals surface area (Å²) in [5.41, 5.74) is 1.50. The van der Waals surface area contributed by atoms with Gasteiger partial charge < -0.3 is 19.8 Å². The summed E-state index contributed by atoms with van der Waals surface area (Å²) in [5.74, 6) is -1.11. The molecule has 146 valence electrons. The topological polar surface area (TPSA) is 115 Å². The summed E-state index contributed by atoms with van der Waals surface area (Å²) < 4.78 is 33.7. The number of aromatic amines is 1. The van der Waals surface area contributed by atoms with Gasteiger partial charge >= 0.3 is 5.97 Å². The highest BCUT2D eigenvalue weighted by Gasteiger charge is 2.24. The second kappa shape index (κ2) is 8.36. The number of aromatic nitrogens is 1. The number of aryl methyl sites for hydroxylation is 1. The van der Waals surface area contributed by atoms with Crippen molar-refractivity contribution in [3.8, 4) is 0 Å². The van der Waals surface area contributed by atoms with E-state index < -0.39 is 21.7 Å². The second-order valence-corrected chi connectivity index (χ2v) is 7.96. The lowest BCUT2D eigenvalue weighted by Gasteiger charge is -2.09. The van der Waals surface area contributed by atoms with Crippen molar-refractivity contribution in [2.24, 2.45) is 0 Å². The number of carbonyl (C=O) groups excluding carboxylic acids is 2. The number of ether oxygens (including phenoxy) is 2. The fraction of sp³-hybridized carbons (Fsp3) is 0.333. The first-order valence-corrected chi connectivity index (χ1v) is 10.0. The van der Waals surface area contributed by atoms with Gasteiger partial charge in [0.15, 0.2) is 9.84 Å². The van der Waals surface area contributed by atoms with E-state index >= 15 is 0 Å². The summed E-state index contributed by atoms with van der Waals surface area (Å²) in [5, 5.41) is 2.58. The lowest BCUT2D eigenvalue weighted by atomic mass is 10.1. The Labute approximate surface area is 157 Å². The Morgan fingerprint density at radius 2 is 1.81 bits per heavy atom. The number of methoxy groups -OCH3 is 1. The van der Waals surface area contributed by atoms with Gasteiger partial charge in [-0.25, -0.2) is 13.2 Å². The number of esters is 1. The van der Waals surface area contributed by atoms with E-state index in [0.29, 0.717) is 11.3 Å². The summed E-state index contributed by atoms with van der Waals surface area (Å²) in [6, 6.07) is 6.11. The molecule has 0 unspecified atom stereocenters. The first kappa shape index (κ1) is 20.7. The van der Waals surface area contributed by atoms with Gasteiger partial charge in [-0.2, -0.15) is 0 Å². The molecule has 0 aliphatic heterocycles. The van der Waals surface area contributed by atoms with Crippen molar-refractivity contribution >= 4 is 27.4 Å². The third-order valence-corrected chi connectivity index (χ3v) is 5.08. The Bertz CT molecular complexity index is 962. The van der Waals surface area contributed by atoms with Crippen LogP contribution in [-0.2, 0) is 19.3 Å². The van der Waals surface area contributed by atoms with Gasteiger partial charge in [-0.1, -0.05) is 12.1 Å². The van der Waals surface area contributed by atoms with Crippen LogP contribution in [0.4, 0.5) is 5.69 Å². The molecular weight excluding hydrogens is 372 g/mol. The van der Waals surface area contributed by atoms with Crippen LogP contribution in [0.1, 0.15) is 32.1 Å². The van der Waals surface area contributed by atoms with Crippen molar-refractivity contribution in [2.45, 2.75) is 18.7 Å². The Morgan fingerprint density at radius 3 is 2.44 bits per heavy atom. The zero-order valence-electron chi connectivity index (χ0n) is 15.6. The molecule has 27 heavy (non-hydrogen) atoms. The van der Waals surface area contributed by atoms with Crippen molar-refractivity contribution in [2.75, 3.05) is 31.9 Å². The summed E-state index contributed by atoms with van der Waals surface area (Å²) in [4.78, 5) is 27.8. The van der Waals surface area contributed by atoms with E-state index in [1.807, 2.05) is 0 Å². The summed E-state index contributed by atoms with van der Waals surface area (Å²) >= 11 is 0. The SMILES string of the molecule is COCCOC(=O)c1c(C)[nH]c(C(=O)Nc2ccccc2S(C)(=O)=O)c1C. The molecule has 0 bridgehead atoms. The number of rotatable bonds is 7. The van der Waals surface area contributed by atoms with E-state index in [-0.39, 0.29) is 35.1 Å². The van der Waals surface area contributed by atoms with Crippen LogP contribution in [0, 0.1) is 13.8 Å². The van der Waals surface area contributed by atoms with Crippen LogP contribution < -0.4 is 5.32 Å². The number of anilines is 1. The number of sulfone groups is 1. The smallest absolute Gasteiger partial charge is 0.340 e. The zero-order valence-corrected chi connectivity index (χ0v) is 16.4. The molecular formula is C18H22N2O6S. The molecule has 9 heteroatoms. The average molecular weight is 394 g/mol. The van der Waals surface area contributed by atoms with Crippen molar-refractivity contribution in [3.05, 3.63) is 46.8 Å². The molecule has 1 heterocycles. The van der Waals surface area contributed by atoms with Crippen LogP contribution in [0.25, 0.3) is 0 Å². The number of benzene rings is 1. The minimum Gasteiger partial charge on any atom is -0.460 e. The van der Waals surface area contributed by atoms with Crippen LogP contribution in [0.5, 0.6) is 0 Å². The first-order valence-electron chi connectivity index (χ1n) is 8.12. The highest BCUT2D eigenvalue weighted by Crippen LogP contribution is 2.24. The molecule has 1 amide bonds. The molecule has 2 aromatic rings. The number of carbonyl (C=O) groups is 2. The van der Waals surface area contributed by atoms with E-state index in [1.165, 1.54) is 19.2 Å². The number of nitrogens with one attached hydrogen (secondary N) is 2. The van der Waals surface area contributed by atoms with Gasteiger partial charge in [0.2, 0.25) is 0 Å². The molecule has 0 saturated carbocycles. The normalized spacial score (nSPS) is 11.3. The number of amides is 1. The Kier molecular flexibility index (Phi) is 6.40. The summed E-state index contributed by atoms with van der Waals surface area (Å²) in [6.45, 7) is 3.64. The third-order valence-electron chi connectivity index (χ3n) is 3.92. The van der Waals surface area contributed by atoms with Crippen molar-refractivity contribution < 1.29 is 27.5 Å². The Hall–Kier alpha value is -2.65. The van der Waals surface area contributed by atoms with Crippen LogP contribution in [-0.4, -0.2) is 51.9 Å². The quantitative estimate of drug-likeness (QED) is 0.549. The molecule has 0 radical (unpaired) electrons. The molecule has 1 aromatic heterocycles. The minimum atomic E-state index is -3.51. The molecule has 0 aliphatic rings. The Morgan fingerprint density at radius 1 is 1.15 bits per heavy atom. The average Bonchev–Trinajstić information content (AvgIpc) is 2.89. The standard InChI is InChI=1S/C18H22N2O6S/c1-11-15(18(22)26-10-9-25-3)12(2)19-16(11)17(21)20-13-7-5-6-8-14(13)27(4,23)24/h5-8,19H,9-10H2,1-4H3,(H,20,21). The minimum absolute atomic E-state index is 0.0125. The Balaban J connectivity index is 2.29. The number of H-pyrrole nitrogens is 1. The fourth-order valence-corrected chi connectivity index (χ4v) is 3.50. The van der Waals surface area contributed by atoms with E-state index in [1.54, 1.807) is 26.0 Å². The van der Waals surface area contributed by atoms with E-state index in [0.717, 1.165) is 6.26 Å². The summed E-state index contributed by atoms with van der Waals surface area (Å²) in [7, 11) is -2.01. The maximum atomic E-state index is 12.7. The van der Waals surface area contributed by atoms with Crippen LogP contribution >= 0.6 is 0 Å². The number of hydrogen-bond acceptors (Lipinski definition) is 6. The molecule has 0 saturated heterocycles. The maximum Gasteiger partial charge on any atom is 0.340 e. The molecule has 2 rings (SSSR count). The third kappa shape index (κ3) is 4.75. The van der Waals surface area contributed by atoms with Gasteiger partial charge in [0, 0.05) is 19.1 Å². The summed E-state index contributed by atoms with van der Waals surface area (Å²) in [6.07, 6.45) is 1.07. The van der Waals surface area contributed by atoms with Crippen LogP contribution in [0.2, 0.25) is 0 Å². The highest BCUT2D eigenvalue weighted by molar-refractivity contribution is 7.90. The predicted octanol–water partition coefficient (Wildman–Crippen LogP) is 2.09. The number of hydrogen-bond donors (Lipinski definition) is 2. The van der Waals surface area contributed by atoms with E-state index in [2.05, 4.69) is 10.3 Å². The lowest BCUT2D eigenvalue weighted by Crippen LogP contribution is -2.16. The van der Waals surface area contributed by atoms with Crippen LogP contribution in [0.15, 0.2) is 29.2 Å². The number of para-hydroxylation sites is 1. The maximum absolute atomic E-state index is 12.7. The van der Waals surface area contributed by atoms with Crippen molar-refractivity contribution in [1.82, 2.24) is 4.98 Å². The second-order valence-electron chi connectivity index (χ2n) is 5.98.